The van der Waals surface area contributed by atoms with E-state index >= 15 is 0 Å². The fourth-order valence-corrected chi connectivity index (χ4v) is 4.26. The number of nitrogens with zero attached hydrogens (tertiary/aromatic N) is 2. The molecule has 1 atom stereocenters. The van der Waals surface area contributed by atoms with Crippen molar-refractivity contribution in [2.75, 3.05) is 31.1 Å². The first-order valence-electron chi connectivity index (χ1n) is 9.97. The predicted molar refractivity (Wildman–Crippen MR) is 118 cm³/mol. The number of rotatable bonds is 5. The van der Waals surface area contributed by atoms with Crippen LogP contribution in [0.2, 0.25) is 5.02 Å². The number of aromatic amines is 1. The minimum atomic E-state index is -0.142. The molecular formula is C23H24ClN3O2. The highest BCUT2D eigenvalue weighted by Crippen LogP contribution is 2.23. The maximum Gasteiger partial charge on any atom is 0.248 e. The van der Waals surface area contributed by atoms with Gasteiger partial charge in [-0.15, -0.1) is 0 Å². The zero-order chi connectivity index (χ0) is 20.4. The number of Topliss-reactive ketones (excluding diaryl/α,β-unsaturated/α-hetero) is 1. The Morgan fingerprint density at radius 2 is 1.86 bits per heavy atom. The van der Waals surface area contributed by atoms with E-state index in [0.29, 0.717) is 5.56 Å². The van der Waals surface area contributed by atoms with Crippen LogP contribution in [0.25, 0.3) is 10.9 Å². The molecule has 1 aliphatic rings. The number of hydrogen-bond acceptors (Lipinski definition) is 4. The highest BCUT2D eigenvalue weighted by atomic mass is 35.5. The number of fused-ring (bicyclic) bond motifs is 1. The molecule has 1 aromatic heterocycles. The highest BCUT2D eigenvalue weighted by molar-refractivity contribution is 6.30. The molecule has 2 heterocycles. The number of anilines is 1. The third-order valence-corrected chi connectivity index (χ3v) is 5.86. The molecule has 0 bridgehead atoms. The minimum absolute atomic E-state index is 0.136. The molecule has 0 amide bonds. The SMILES string of the molecule is CCC(C(=O)c1ccc2[nH]c(=O)ccc2c1)N1CCN(c2cccc(Cl)c2)CC1. The molecule has 0 spiro atoms. The Morgan fingerprint density at radius 3 is 2.59 bits per heavy atom. The summed E-state index contributed by atoms with van der Waals surface area (Å²) in [6, 6.07) is 16.5. The van der Waals surface area contributed by atoms with E-state index in [1.807, 2.05) is 36.4 Å². The average molecular weight is 410 g/mol. The summed E-state index contributed by atoms with van der Waals surface area (Å²) in [6.07, 6.45) is 0.764. The lowest BCUT2D eigenvalue weighted by Gasteiger charge is -2.39. The van der Waals surface area contributed by atoms with Crippen molar-refractivity contribution in [3.05, 3.63) is 75.5 Å². The summed E-state index contributed by atoms with van der Waals surface area (Å²) in [6.45, 7) is 5.45. The van der Waals surface area contributed by atoms with Crippen molar-refractivity contribution >= 4 is 34.0 Å². The van der Waals surface area contributed by atoms with Crippen LogP contribution in [0.5, 0.6) is 0 Å². The van der Waals surface area contributed by atoms with Gasteiger partial charge in [0.25, 0.3) is 0 Å². The third kappa shape index (κ3) is 4.21. The lowest BCUT2D eigenvalue weighted by molar-refractivity contribution is 0.0801. The summed E-state index contributed by atoms with van der Waals surface area (Å²) in [5.41, 5.74) is 2.42. The molecule has 150 valence electrons. The molecule has 1 saturated heterocycles. The Bertz CT molecular complexity index is 1090. The van der Waals surface area contributed by atoms with Crippen LogP contribution in [0.15, 0.2) is 59.4 Å². The fourth-order valence-electron chi connectivity index (χ4n) is 4.07. The Balaban J connectivity index is 1.48. The smallest absolute Gasteiger partial charge is 0.248 e. The van der Waals surface area contributed by atoms with Gasteiger partial charge in [-0.3, -0.25) is 14.5 Å². The van der Waals surface area contributed by atoms with E-state index in [4.69, 9.17) is 11.6 Å². The Morgan fingerprint density at radius 1 is 1.07 bits per heavy atom. The number of nitrogens with one attached hydrogen (secondary N) is 1. The number of carbonyl (C=O) groups excluding carboxylic acids is 1. The average Bonchev–Trinajstić information content (AvgIpc) is 2.74. The number of piperazine rings is 1. The lowest BCUT2D eigenvalue weighted by atomic mass is 9.98. The summed E-state index contributed by atoms with van der Waals surface area (Å²) in [7, 11) is 0. The molecular weight excluding hydrogens is 386 g/mol. The van der Waals surface area contributed by atoms with Crippen molar-refractivity contribution in [1.29, 1.82) is 0 Å². The van der Waals surface area contributed by atoms with Gasteiger partial charge in [-0.25, -0.2) is 0 Å². The summed E-state index contributed by atoms with van der Waals surface area (Å²) in [4.78, 5) is 32.1. The second-order valence-electron chi connectivity index (χ2n) is 7.42. The molecule has 0 aliphatic carbocycles. The normalized spacial score (nSPS) is 16.1. The standard InChI is InChI=1S/C23H24ClN3O2/c1-2-21(23(29)17-6-8-20-16(14-17)7-9-22(28)25-20)27-12-10-26(11-13-27)19-5-3-4-18(24)15-19/h3-9,14-15,21H,2,10-13H2,1H3,(H,25,28). The van der Waals surface area contributed by atoms with Gasteiger partial charge in [-0.05, 0) is 54.3 Å². The first kappa shape index (κ1) is 19.7. The molecule has 1 unspecified atom stereocenters. The monoisotopic (exact) mass is 409 g/mol. The topological polar surface area (TPSA) is 56.4 Å². The largest absolute Gasteiger partial charge is 0.369 e. The molecule has 5 nitrogen and oxygen atoms in total. The molecule has 0 radical (unpaired) electrons. The molecule has 1 N–H and O–H groups in total. The molecule has 0 saturated carbocycles. The zero-order valence-electron chi connectivity index (χ0n) is 16.4. The summed E-state index contributed by atoms with van der Waals surface area (Å²) < 4.78 is 0. The van der Waals surface area contributed by atoms with Gasteiger partial charge in [-0.2, -0.15) is 0 Å². The first-order valence-corrected chi connectivity index (χ1v) is 10.3. The van der Waals surface area contributed by atoms with Gasteiger partial charge in [0.05, 0.1) is 6.04 Å². The van der Waals surface area contributed by atoms with E-state index in [0.717, 1.165) is 54.2 Å². The fraction of sp³-hybridized carbons (Fsp3) is 0.304. The van der Waals surface area contributed by atoms with Crippen molar-refractivity contribution in [2.45, 2.75) is 19.4 Å². The van der Waals surface area contributed by atoms with Crippen molar-refractivity contribution in [1.82, 2.24) is 9.88 Å². The Kier molecular flexibility index (Phi) is 5.69. The van der Waals surface area contributed by atoms with Gasteiger partial charge in [0.1, 0.15) is 0 Å². The van der Waals surface area contributed by atoms with Gasteiger partial charge in [0, 0.05) is 54.0 Å². The highest BCUT2D eigenvalue weighted by Gasteiger charge is 2.28. The van der Waals surface area contributed by atoms with E-state index in [1.165, 1.54) is 6.07 Å². The minimum Gasteiger partial charge on any atom is -0.369 e. The van der Waals surface area contributed by atoms with E-state index in [9.17, 15) is 9.59 Å². The summed E-state index contributed by atoms with van der Waals surface area (Å²) in [5.74, 6) is 0.136. The summed E-state index contributed by atoms with van der Waals surface area (Å²) in [5, 5.41) is 1.61. The van der Waals surface area contributed by atoms with Crippen molar-refractivity contribution in [3.8, 4) is 0 Å². The molecule has 6 heteroatoms. The van der Waals surface area contributed by atoms with Crippen LogP contribution in [-0.4, -0.2) is 47.9 Å². The molecule has 1 fully saturated rings. The van der Waals surface area contributed by atoms with E-state index in [2.05, 4.69) is 27.8 Å². The van der Waals surface area contributed by atoms with Crippen LogP contribution in [0.3, 0.4) is 0 Å². The molecule has 3 aromatic rings. The van der Waals surface area contributed by atoms with Crippen LogP contribution < -0.4 is 10.5 Å². The maximum atomic E-state index is 13.2. The third-order valence-electron chi connectivity index (χ3n) is 5.63. The van der Waals surface area contributed by atoms with Crippen molar-refractivity contribution < 1.29 is 4.79 Å². The molecule has 1 aliphatic heterocycles. The van der Waals surface area contributed by atoms with Gasteiger partial charge in [-0.1, -0.05) is 24.6 Å². The lowest BCUT2D eigenvalue weighted by Crippen LogP contribution is -2.52. The first-order chi connectivity index (χ1) is 14.0. The Labute approximate surface area is 174 Å². The van der Waals surface area contributed by atoms with E-state index < -0.39 is 0 Å². The molecule has 2 aromatic carbocycles. The second kappa shape index (κ2) is 8.39. The van der Waals surface area contributed by atoms with Crippen LogP contribution in [0.1, 0.15) is 23.7 Å². The second-order valence-corrected chi connectivity index (χ2v) is 7.85. The van der Waals surface area contributed by atoms with Crippen LogP contribution in [0.4, 0.5) is 5.69 Å². The van der Waals surface area contributed by atoms with Gasteiger partial charge in [0.15, 0.2) is 5.78 Å². The van der Waals surface area contributed by atoms with Gasteiger partial charge < -0.3 is 9.88 Å². The number of ketones is 1. The number of H-pyrrole nitrogens is 1. The predicted octanol–water partition coefficient (Wildman–Crippen LogP) is 3.97. The number of pyridine rings is 1. The van der Waals surface area contributed by atoms with Crippen LogP contribution in [-0.2, 0) is 0 Å². The summed E-state index contributed by atoms with van der Waals surface area (Å²) >= 11 is 6.12. The van der Waals surface area contributed by atoms with Crippen molar-refractivity contribution in [2.24, 2.45) is 0 Å². The van der Waals surface area contributed by atoms with Crippen molar-refractivity contribution in [3.63, 3.8) is 0 Å². The number of benzene rings is 2. The maximum absolute atomic E-state index is 13.2. The Hall–Kier alpha value is -2.63. The molecule has 4 rings (SSSR count). The van der Waals surface area contributed by atoms with Crippen LogP contribution >= 0.6 is 11.6 Å². The van der Waals surface area contributed by atoms with E-state index in [-0.39, 0.29) is 17.4 Å². The number of aromatic nitrogens is 1. The number of halogens is 1. The number of hydrogen-bond donors (Lipinski definition) is 1. The molecule has 29 heavy (non-hydrogen) atoms. The zero-order valence-corrected chi connectivity index (χ0v) is 17.2. The van der Waals surface area contributed by atoms with E-state index in [1.54, 1.807) is 6.07 Å². The van der Waals surface area contributed by atoms with Gasteiger partial charge in [0.2, 0.25) is 5.56 Å². The van der Waals surface area contributed by atoms with Gasteiger partial charge >= 0.3 is 0 Å². The van der Waals surface area contributed by atoms with Crippen LogP contribution in [0, 0.1) is 0 Å². The number of carbonyl (C=O) groups is 1. The quantitative estimate of drug-likeness (QED) is 0.648.